The smallest absolute Gasteiger partial charge is 0.0786 e. The molecule has 0 radical (unpaired) electrons. The van der Waals surface area contributed by atoms with Crippen molar-refractivity contribution in [3.8, 4) is 5.75 Å². The van der Waals surface area contributed by atoms with Gasteiger partial charge in [0.2, 0.25) is 0 Å². The van der Waals surface area contributed by atoms with Crippen molar-refractivity contribution in [2.75, 3.05) is 26.2 Å². The Bertz CT molecular complexity index is 346. The Kier molecular flexibility index (Phi) is 15.7. The highest BCUT2D eigenvalue weighted by Crippen LogP contribution is 2.16. The molecule has 0 aliphatic rings. The third-order valence-corrected chi connectivity index (χ3v) is 5.48. The maximum absolute atomic E-state index is 10.4. The van der Waals surface area contributed by atoms with Crippen LogP contribution in [-0.2, 0) is 0 Å². The fourth-order valence-corrected chi connectivity index (χ4v) is 3.44. The lowest BCUT2D eigenvalue weighted by atomic mass is 10.1. The zero-order chi connectivity index (χ0) is 19.0. The van der Waals surface area contributed by atoms with Gasteiger partial charge in [-0.05, 0) is 60.4 Å². The van der Waals surface area contributed by atoms with E-state index in [1.165, 1.54) is 82.0 Å². The number of halogens is 1. The number of quaternary nitrogens is 1. The Morgan fingerprint density at radius 2 is 1.00 bits per heavy atom. The molecule has 3 heteroatoms. The van der Waals surface area contributed by atoms with E-state index in [1.54, 1.807) is 24.3 Å². The molecule has 0 bridgehead atoms. The SMILES string of the molecule is CCCC[N+](CCCC)(CCCC)CCCC.[O-]c1ccc(I)cc1. The molecule has 0 saturated heterocycles. The van der Waals surface area contributed by atoms with Gasteiger partial charge in [0.05, 0.1) is 26.2 Å². The minimum absolute atomic E-state index is 0.0745. The van der Waals surface area contributed by atoms with Crippen LogP contribution >= 0.6 is 22.6 Å². The van der Waals surface area contributed by atoms with Crippen molar-refractivity contribution in [3.05, 3.63) is 27.8 Å². The summed E-state index contributed by atoms with van der Waals surface area (Å²) in [7, 11) is 0. The van der Waals surface area contributed by atoms with E-state index in [1.807, 2.05) is 0 Å². The lowest BCUT2D eigenvalue weighted by molar-refractivity contribution is -0.929. The lowest BCUT2D eigenvalue weighted by Gasteiger charge is -2.39. The molecule has 0 amide bonds. The minimum atomic E-state index is 0.0745. The lowest BCUT2D eigenvalue weighted by Crippen LogP contribution is -2.50. The summed E-state index contributed by atoms with van der Waals surface area (Å²) >= 11 is 2.16. The maximum Gasteiger partial charge on any atom is 0.0786 e. The first-order valence-electron chi connectivity index (χ1n) is 10.3. The number of unbranched alkanes of at least 4 members (excludes halogenated alkanes) is 4. The molecular formula is C22H40INO. The van der Waals surface area contributed by atoms with Gasteiger partial charge in [-0.1, -0.05) is 65.5 Å². The Morgan fingerprint density at radius 1 is 0.680 bits per heavy atom. The molecule has 1 rings (SSSR count). The predicted molar refractivity (Wildman–Crippen MR) is 118 cm³/mol. The third-order valence-electron chi connectivity index (χ3n) is 4.76. The van der Waals surface area contributed by atoms with Gasteiger partial charge in [-0.15, -0.1) is 5.75 Å². The summed E-state index contributed by atoms with van der Waals surface area (Å²) in [4.78, 5) is 0. The van der Waals surface area contributed by atoms with Crippen LogP contribution in [0.4, 0.5) is 0 Å². The average Bonchev–Trinajstić information content (AvgIpc) is 2.63. The number of hydrogen-bond donors (Lipinski definition) is 0. The van der Waals surface area contributed by atoms with E-state index < -0.39 is 0 Å². The van der Waals surface area contributed by atoms with Gasteiger partial charge >= 0.3 is 0 Å². The van der Waals surface area contributed by atoms with Gasteiger partial charge < -0.3 is 9.59 Å². The van der Waals surface area contributed by atoms with Crippen molar-refractivity contribution in [1.29, 1.82) is 0 Å². The van der Waals surface area contributed by atoms with Gasteiger partial charge in [0.1, 0.15) is 0 Å². The van der Waals surface area contributed by atoms with E-state index in [9.17, 15) is 5.11 Å². The summed E-state index contributed by atoms with van der Waals surface area (Å²) < 4.78 is 2.52. The van der Waals surface area contributed by atoms with Gasteiger partial charge in [0.25, 0.3) is 0 Å². The summed E-state index contributed by atoms with van der Waals surface area (Å²) in [5.41, 5.74) is 0. The summed E-state index contributed by atoms with van der Waals surface area (Å²) in [6, 6.07) is 6.70. The second-order valence-corrected chi connectivity index (χ2v) is 8.35. The van der Waals surface area contributed by atoms with Gasteiger partial charge in [-0.25, -0.2) is 0 Å². The Morgan fingerprint density at radius 3 is 1.24 bits per heavy atom. The predicted octanol–water partition coefficient (Wildman–Crippen LogP) is 6.37. The minimum Gasteiger partial charge on any atom is -0.872 e. The zero-order valence-corrected chi connectivity index (χ0v) is 19.2. The van der Waals surface area contributed by atoms with Crippen molar-refractivity contribution in [2.45, 2.75) is 79.1 Å². The molecule has 1 aromatic carbocycles. The average molecular weight is 461 g/mol. The molecule has 0 aliphatic carbocycles. The van der Waals surface area contributed by atoms with Crippen LogP contribution in [0.15, 0.2) is 24.3 Å². The Labute approximate surface area is 170 Å². The van der Waals surface area contributed by atoms with E-state index in [-0.39, 0.29) is 5.75 Å². The van der Waals surface area contributed by atoms with E-state index in [0.717, 1.165) is 3.57 Å². The van der Waals surface area contributed by atoms with Crippen LogP contribution < -0.4 is 5.11 Å². The van der Waals surface area contributed by atoms with Gasteiger partial charge in [0.15, 0.2) is 0 Å². The monoisotopic (exact) mass is 461 g/mol. The molecular weight excluding hydrogens is 421 g/mol. The molecule has 0 saturated carbocycles. The summed E-state index contributed by atoms with van der Waals surface area (Å²) in [6.07, 6.45) is 11.1. The Balaban J connectivity index is 0.000000593. The molecule has 25 heavy (non-hydrogen) atoms. The molecule has 0 spiro atoms. The van der Waals surface area contributed by atoms with Crippen molar-refractivity contribution in [3.63, 3.8) is 0 Å². The highest BCUT2D eigenvalue weighted by Gasteiger charge is 2.24. The molecule has 146 valence electrons. The fraction of sp³-hybridized carbons (Fsp3) is 0.727. The first kappa shape index (κ1) is 24.7. The van der Waals surface area contributed by atoms with Crippen molar-refractivity contribution in [2.24, 2.45) is 0 Å². The molecule has 0 aliphatic heterocycles. The summed E-state index contributed by atoms with van der Waals surface area (Å²) in [5, 5.41) is 10.4. The fourth-order valence-electron chi connectivity index (χ4n) is 3.08. The van der Waals surface area contributed by atoms with Gasteiger partial charge in [-0.2, -0.15) is 0 Å². The molecule has 0 N–H and O–H groups in total. The molecule has 0 fully saturated rings. The van der Waals surface area contributed by atoms with E-state index in [4.69, 9.17) is 0 Å². The van der Waals surface area contributed by atoms with Crippen LogP contribution in [0.1, 0.15) is 79.1 Å². The van der Waals surface area contributed by atoms with Crippen LogP contribution in [0.3, 0.4) is 0 Å². The van der Waals surface area contributed by atoms with Crippen LogP contribution in [0.25, 0.3) is 0 Å². The van der Waals surface area contributed by atoms with Gasteiger partial charge in [-0.3, -0.25) is 0 Å². The van der Waals surface area contributed by atoms with E-state index in [2.05, 4.69) is 50.3 Å². The highest BCUT2D eigenvalue weighted by atomic mass is 127. The highest BCUT2D eigenvalue weighted by molar-refractivity contribution is 14.1. The molecule has 0 unspecified atom stereocenters. The topological polar surface area (TPSA) is 23.1 Å². The Hall–Kier alpha value is -0.290. The van der Waals surface area contributed by atoms with Crippen LogP contribution in [-0.4, -0.2) is 30.7 Å². The molecule has 2 nitrogen and oxygen atoms in total. The molecule has 0 atom stereocenters. The van der Waals surface area contributed by atoms with Crippen molar-refractivity contribution >= 4 is 22.6 Å². The first-order valence-corrected chi connectivity index (χ1v) is 11.4. The normalized spacial score (nSPS) is 11.1. The van der Waals surface area contributed by atoms with Gasteiger partial charge in [0, 0.05) is 3.57 Å². The molecule has 0 aromatic heterocycles. The third kappa shape index (κ3) is 12.7. The molecule has 0 heterocycles. The second-order valence-electron chi connectivity index (χ2n) is 7.10. The second kappa shape index (κ2) is 15.9. The summed E-state index contributed by atoms with van der Waals surface area (Å²) in [6.45, 7) is 15.0. The largest absolute Gasteiger partial charge is 0.872 e. The van der Waals surface area contributed by atoms with Crippen LogP contribution in [0.2, 0.25) is 0 Å². The van der Waals surface area contributed by atoms with Crippen LogP contribution in [0.5, 0.6) is 5.75 Å². The van der Waals surface area contributed by atoms with Crippen molar-refractivity contribution in [1.82, 2.24) is 0 Å². The zero-order valence-electron chi connectivity index (χ0n) is 17.0. The standard InChI is InChI=1S/C16H36N.C6H5IO/c1-5-9-13-17(14-10-6-2,15-11-7-3)16-12-8-4;7-5-1-3-6(8)4-2-5/h5-16H2,1-4H3;1-4,8H/q+1;/p-1. The molecule has 1 aromatic rings. The quantitative estimate of drug-likeness (QED) is 0.262. The van der Waals surface area contributed by atoms with Crippen LogP contribution in [0, 0.1) is 3.57 Å². The van der Waals surface area contributed by atoms with E-state index in [0.29, 0.717) is 0 Å². The first-order chi connectivity index (χ1) is 12.0. The van der Waals surface area contributed by atoms with Crippen molar-refractivity contribution < 1.29 is 9.59 Å². The van der Waals surface area contributed by atoms with E-state index >= 15 is 0 Å². The summed E-state index contributed by atoms with van der Waals surface area (Å²) in [5.74, 6) is 0.0745. The number of benzene rings is 1. The number of rotatable bonds is 12. The number of nitrogens with zero attached hydrogens (tertiary/aromatic N) is 1. The number of hydrogen-bond acceptors (Lipinski definition) is 1. The maximum atomic E-state index is 10.4.